The predicted octanol–water partition coefficient (Wildman–Crippen LogP) is -2.75. The standard InChI is InChI=1S/C7H8NO.Li/c1-6-2-3-8-7(4-6)5-9;/h2-4H,5H2,1H3;/q-1;+1. The van der Waals surface area contributed by atoms with Crippen molar-refractivity contribution in [2.45, 2.75) is 13.5 Å². The van der Waals surface area contributed by atoms with E-state index in [1.807, 2.05) is 13.0 Å². The molecule has 0 atom stereocenters. The zero-order valence-electron chi connectivity index (χ0n) is 6.29. The van der Waals surface area contributed by atoms with Crippen LogP contribution < -0.4 is 24.0 Å². The number of hydrogen-bond acceptors (Lipinski definition) is 2. The molecule has 3 heteroatoms. The van der Waals surface area contributed by atoms with E-state index >= 15 is 0 Å². The van der Waals surface area contributed by atoms with E-state index in [1.54, 1.807) is 12.3 Å². The van der Waals surface area contributed by atoms with Crippen LogP contribution in [0.3, 0.4) is 0 Å². The molecule has 1 heterocycles. The molecule has 0 spiro atoms. The maximum Gasteiger partial charge on any atom is 1.00 e. The van der Waals surface area contributed by atoms with Gasteiger partial charge in [0.05, 0.1) is 0 Å². The molecule has 0 aliphatic heterocycles. The second-order valence-corrected chi connectivity index (χ2v) is 1.97. The van der Waals surface area contributed by atoms with E-state index in [-0.39, 0.29) is 25.5 Å². The first-order chi connectivity index (χ1) is 4.33. The van der Waals surface area contributed by atoms with Crippen LogP contribution in [0, 0.1) is 6.92 Å². The summed E-state index contributed by atoms with van der Waals surface area (Å²) in [6.07, 6.45) is 1.66. The first-order valence-electron chi connectivity index (χ1n) is 2.82. The van der Waals surface area contributed by atoms with E-state index in [4.69, 9.17) is 0 Å². The minimum atomic E-state index is -0.221. The summed E-state index contributed by atoms with van der Waals surface area (Å²) in [6, 6.07) is 3.67. The average Bonchev–Trinajstić information content (AvgIpc) is 1.88. The number of rotatable bonds is 1. The molecule has 1 rings (SSSR count). The van der Waals surface area contributed by atoms with Crippen LogP contribution in [0.2, 0.25) is 0 Å². The van der Waals surface area contributed by atoms with Gasteiger partial charge in [-0.25, -0.2) is 0 Å². The zero-order chi connectivity index (χ0) is 6.69. The summed E-state index contributed by atoms with van der Waals surface area (Å²) in [6.45, 7) is 1.72. The van der Waals surface area contributed by atoms with Crippen LogP contribution in [0.25, 0.3) is 0 Å². The largest absolute Gasteiger partial charge is 1.00 e. The van der Waals surface area contributed by atoms with E-state index in [0.717, 1.165) is 5.56 Å². The third-order valence-electron chi connectivity index (χ3n) is 1.12. The fourth-order valence-electron chi connectivity index (χ4n) is 0.678. The van der Waals surface area contributed by atoms with E-state index in [2.05, 4.69) is 4.98 Å². The molecular weight excluding hydrogens is 121 g/mol. The van der Waals surface area contributed by atoms with Crippen molar-refractivity contribution in [2.24, 2.45) is 0 Å². The van der Waals surface area contributed by atoms with Crippen LogP contribution in [-0.4, -0.2) is 4.98 Å². The van der Waals surface area contributed by atoms with Gasteiger partial charge in [-0.3, -0.25) is 4.98 Å². The number of pyridine rings is 1. The van der Waals surface area contributed by atoms with E-state index in [0.29, 0.717) is 5.69 Å². The first-order valence-corrected chi connectivity index (χ1v) is 2.82. The van der Waals surface area contributed by atoms with Gasteiger partial charge in [0.25, 0.3) is 0 Å². The monoisotopic (exact) mass is 129 g/mol. The Kier molecular flexibility index (Phi) is 4.38. The summed E-state index contributed by atoms with van der Waals surface area (Å²) < 4.78 is 0. The Morgan fingerprint density at radius 2 is 2.30 bits per heavy atom. The van der Waals surface area contributed by atoms with Crippen LogP contribution in [0.1, 0.15) is 11.3 Å². The Labute approximate surface area is 72.5 Å². The average molecular weight is 129 g/mol. The van der Waals surface area contributed by atoms with Crippen LogP contribution in [0.15, 0.2) is 18.3 Å². The maximum absolute atomic E-state index is 10.2. The molecule has 48 valence electrons. The molecule has 0 radical (unpaired) electrons. The fraction of sp³-hybridized carbons (Fsp3) is 0.286. The Morgan fingerprint density at radius 1 is 1.60 bits per heavy atom. The van der Waals surface area contributed by atoms with Crippen LogP contribution in [0.5, 0.6) is 0 Å². The van der Waals surface area contributed by atoms with Crippen molar-refractivity contribution >= 4 is 0 Å². The third kappa shape index (κ3) is 2.53. The third-order valence-corrected chi connectivity index (χ3v) is 1.12. The van der Waals surface area contributed by atoms with Gasteiger partial charge in [-0.2, -0.15) is 0 Å². The molecule has 0 aromatic carbocycles. The second-order valence-electron chi connectivity index (χ2n) is 1.97. The topological polar surface area (TPSA) is 36.0 Å². The number of nitrogens with zero attached hydrogens (tertiary/aromatic N) is 1. The minimum Gasteiger partial charge on any atom is -0.850 e. The summed E-state index contributed by atoms with van der Waals surface area (Å²) in [5.41, 5.74) is 1.71. The Morgan fingerprint density at radius 3 is 2.70 bits per heavy atom. The zero-order valence-corrected chi connectivity index (χ0v) is 6.29. The molecule has 1 aromatic rings. The summed E-state index contributed by atoms with van der Waals surface area (Å²) in [4.78, 5) is 3.85. The molecule has 0 saturated heterocycles. The van der Waals surface area contributed by atoms with Gasteiger partial charge in [0, 0.05) is 11.9 Å². The Hall–Kier alpha value is -0.293. The summed E-state index contributed by atoms with van der Waals surface area (Å²) in [5, 5.41) is 10.2. The van der Waals surface area contributed by atoms with Gasteiger partial charge in [-0.05, 0) is 24.6 Å². The summed E-state index contributed by atoms with van der Waals surface area (Å²) in [7, 11) is 0. The first kappa shape index (κ1) is 9.71. The molecule has 0 unspecified atom stereocenters. The fourth-order valence-corrected chi connectivity index (χ4v) is 0.678. The van der Waals surface area contributed by atoms with Crippen LogP contribution in [-0.2, 0) is 6.61 Å². The molecule has 0 aliphatic carbocycles. The molecule has 0 N–H and O–H groups in total. The van der Waals surface area contributed by atoms with Gasteiger partial charge in [0.15, 0.2) is 0 Å². The van der Waals surface area contributed by atoms with Gasteiger partial charge >= 0.3 is 18.9 Å². The van der Waals surface area contributed by atoms with Gasteiger partial charge in [0.2, 0.25) is 0 Å². The molecule has 0 fully saturated rings. The van der Waals surface area contributed by atoms with Crippen LogP contribution in [0.4, 0.5) is 0 Å². The second kappa shape index (κ2) is 4.51. The quantitative estimate of drug-likeness (QED) is 0.385. The maximum atomic E-state index is 10.2. The molecular formula is C7H8LiNO. The number of aromatic nitrogens is 1. The SMILES string of the molecule is Cc1ccnc(C[O-])c1.[Li+]. The minimum absolute atomic E-state index is 0. The number of hydrogen-bond donors (Lipinski definition) is 0. The van der Waals surface area contributed by atoms with Crippen molar-refractivity contribution in [3.63, 3.8) is 0 Å². The normalized spacial score (nSPS) is 8.60. The van der Waals surface area contributed by atoms with E-state index in [9.17, 15) is 5.11 Å². The van der Waals surface area contributed by atoms with Crippen molar-refractivity contribution in [3.8, 4) is 0 Å². The van der Waals surface area contributed by atoms with E-state index < -0.39 is 0 Å². The van der Waals surface area contributed by atoms with Gasteiger partial charge in [-0.1, -0.05) is 6.61 Å². The van der Waals surface area contributed by atoms with Crippen molar-refractivity contribution in [1.29, 1.82) is 0 Å². The Bertz CT molecular complexity index is 203. The van der Waals surface area contributed by atoms with Gasteiger partial charge in [-0.15, -0.1) is 0 Å². The van der Waals surface area contributed by atoms with Crippen molar-refractivity contribution in [2.75, 3.05) is 0 Å². The predicted molar refractivity (Wildman–Crippen MR) is 32.7 cm³/mol. The van der Waals surface area contributed by atoms with E-state index in [1.165, 1.54) is 0 Å². The summed E-state index contributed by atoms with van der Waals surface area (Å²) in [5.74, 6) is 0. The molecule has 0 saturated carbocycles. The summed E-state index contributed by atoms with van der Waals surface area (Å²) >= 11 is 0. The Balaban J connectivity index is 0.000000810. The van der Waals surface area contributed by atoms with Crippen molar-refractivity contribution < 1.29 is 24.0 Å². The molecule has 1 aromatic heterocycles. The smallest absolute Gasteiger partial charge is 0.850 e. The molecule has 0 amide bonds. The molecule has 2 nitrogen and oxygen atoms in total. The molecule has 0 aliphatic rings. The van der Waals surface area contributed by atoms with Gasteiger partial charge < -0.3 is 5.11 Å². The van der Waals surface area contributed by atoms with Crippen molar-refractivity contribution in [1.82, 2.24) is 4.98 Å². The van der Waals surface area contributed by atoms with Gasteiger partial charge in [0.1, 0.15) is 0 Å². The van der Waals surface area contributed by atoms with Crippen molar-refractivity contribution in [3.05, 3.63) is 29.6 Å². The molecule has 10 heavy (non-hydrogen) atoms. The molecule has 0 bridgehead atoms. The van der Waals surface area contributed by atoms with Crippen LogP contribution >= 0.6 is 0 Å². The number of aryl methyl sites for hydroxylation is 1.